The lowest BCUT2D eigenvalue weighted by atomic mass is 10.2. The summed E-state index contributed by atoms with van der Waals surface area (Å²) in [7, 11) is 0. The van der Waals surface area contributed by atoms with Crippen molar-refractivity contribution < 1.29 is 9.66 Å². The van der Waals surface area contributed by atoms with Gasteiger partial charge in [-0.15, -0.1) is 0 Å². The summed E-state index contributed by atoms with van der Waals surface area (Å²) in [6.07, 6.45) is 0. The first-order valence-electron chi connectivity index (χ1n) is 3.43. The zero-order chi connectivity index (χ0) is 8.55. The fraction of sp³-hybridized carbons (Fsp3) is 0.143. The molecule has 1 aliphatic heterocycles. The Balaban J connectivity index is 2.56. The van der Waals surface area contributed by atoms with E-state index in [9.17, 15) is 10.1 Å². The fourth-order valence-electron chi connectivity index (χ4n) is 1.16. The predicted molar refractivity (Wildman–Crippen MR) is 42.2 cm³/mol. The molecular formula is C7H6N2O3. The van der Waals surface area contributed by atoms with Crippen LogP contribution in [0.15, 0.2) is 18.2 Å². The molecule has 12 heavy (non-hydrogen) atoms. The highest BCUT2D eigenvalue weighted by Gasteiger charge is 2.21. The third-order valence-corrected chi connectivity index (χ3v) is 1.68. The lowest BCUT2D eigenvalue weighted by Gasteiger charge is -1.96. The van der Waals surface area contributed by atoms with Crippen molar-refractivity contribution in [1.29, 1.82) is 0 Å². The monoisotopic (exact) mass is 166 g/mol. The normalized spacial score (nSPS) is 13.0. The molecule has 2 rings (SSSR count). The smallest absolute Gasteiger partial charge is 0.296 e. The third kappa shape index (κ3) is 0.868. The molecule has 1 aliphatic rings. The standard InChI is InChI=1S/C7H6N2O3/c10-9(11)5-2-1-3-6-7(5)8-4-12-6/h1-3,8H,4H2. The SMILES string of the molecule is O=[N+]([O-])c1cccc2c1NCO2. The van der Waals surface area contributed by atoms with Gasteiger partial charge in [0.05, 0.1) is 4.92 Å². The number of hydrogen-bond donors (Lipinski definition) is 1. The second kappa shape index (κ2) is 2.37. The highest BCUT2D eigenvalue weighted by atomic mass is 16.6. The van der Waals surface area contributed by atoms with E-state index in [1.54, 1.807) is 12.1 Å². The molecule has 1 N–H and O–H groups in total. The van der Waals surface area contributed by atoms with Crippen molar-refractivity contribution in [3.05, 3.63) is 28.3 Å². The number of nitrogens with one attached hydrogen (secondary N) is 1. The second-order valence-corrected chi connectivity index (χ2v) is 2.37. The van der Waals surface area contributed by atoms with Crippen LogP contribution in [0, 0.1) is 10.1 Å². The first-order chi connectivity index (χ1) is 5.79. The van der Waals surface area contributed by atoms with Gasteiger partial charge >= 0.3 is 0 Å². The molecule has 5 nitrogen and oxygen atoms in total. The molecule has 0 unspecified atom stereocenters. The molecule has 62 valence electrons. The van der Waals surface area contributed by atoms with E-state index in [2.05, 4.69) is 5.32 Å². The van der Waals surface area contributed by atoms with Gasteiger partial charge in [-0.25, -0.2) is 0 Å². The van der Waals surface area contributed by atoms with Crippen LogP contribution in [0.1, 0.15) is 0 Å². The summed E-state index contributed by atoms with van der Waals surface area (Å²) in [5.74, 6) is 0.546. The van der Waals surface area contributed by atoms with E-state index in [-0.39, 0.29) is 5.69 Å². The minimum Gasteiger partial charge on any atom is -0.471 e. The van der Waals surface area contributed by atoms with Crippen molar-refractivity contribution >= 4 is 11.4 Å². The molecule has 0 aliphatic carbocycles. The molecular weight excluding hydrogens is 160 g/mol. The van der Waals surface area contributed by atoms with E-state index in [1.165, 1.54) is 6.07 Å². The van der Waals surface area contributed by atoms with Gasteiger partial charge in [-0.1, -0.05) is 6.07 Å². The van der Waals surface area contributed by atoms with Crippen molar-refractivity contribution in [3.8, 4) is 5.75 Å². The maximum absolute atomic E-state index is 10.5. The number of nitro groups is 1. The van der Waals surface area contributed by atoms with Crippen LogP contribution in [0.25, 0.3) is 0 Å². The van der Waals surface area contributed by atoms with Gasteiger partial charge in [-0.2, -0.15) is 0 Å². The number of nitro benzene ring substituents is 1. The molecule has 1 heterocycles. The first-order valence-corrected chi connectivity index (χ1v) is 3.43. The highest BCUT2D eigenvalue weighted by molar-refractivity contribution is 5.71. The Morgan fingerprint density at radius 1 is 1.58 bits per heavy atom. The number of rotatable bonds is 1. The van der Waals surface area contributed by atoms with E-state index in [4.69, 9.17) is 4.74 Å². The summed E-state index contributed by atoms with van der Waals surface area (Å²) in [6, 6.07) is 4.74. The van der Waals surface area contributed by atoms with Gasteiger partial charge in [0.25, 0.3) is 5.69 Å². The number of hydrogen-bond acceptors (Lipinski definition) is 4. The zero-order valence-corrected chi connectivity index (χ0v) is 6.11. The Hall–Kier alpha value is -1.78. The van der Waals surface area contributed by atoms with Crippen LogP contribution < -0.4 is 10.1 Å². The molecule has 0 bridgehead atoms. The predicted octanol–water partition coefficient (Wildman–Crippen LogP) is 1.36. The lowest BCUT2D eigenvalue weighted by molar-refractivity contribution is -0.383. The molecule has 5 heteroatoms. The average Bonchev–Trinajstić information content (AvgIpc) is 2.49. The summed E-state index contributed by atoms with van der Waals surface area (Å²) >= 11 is 0. The molecule has 0 radical (unpaired) electrons. The van der Waals surface area contributed by atoms with Crippen molar-refractivity contribution in [2.45, 2.75) is 0 Å². The third-order valence-electron chi connectivity index (χ3n) is 1.68. The van der Waals surface area contributed by atoms with E-state index < -0.39 is 4.92 Å². The Kier molecular flexibility index (Phi) is 1.36. The average molecular weight is 166 g/mol. The molecule has 0 fully saturated rings. The van der Waals surface area contributed by atoms with Crippen LogP contribution in [0.3, 0.4) is 0 Å². The van der Waals surface area contributed by atoms with Gasteiger partial charge in [0, 0.05) is 6.07 Å². The summed E-state index contributed by atoms with van der Waals surface area (Å²) in [5, 5.41) is 13.3. The van der Waals surface area contributed by atoms with Crippen molar-refractivity contribution in [2.24, 2.45) is 0 Å². The van der Waals surface area contributed by atoms with E-state index >= 15 is 0 Å². The van der Waals surface area contributed by atoms with Crippen LogP contribution in [0.4, 0.5) is 11.4 Å². The molecule has 0 saturated heterocycles. The van der Waals surface area contributed by atoms with Crippen LogP contribution in [0.5, 0.6) is 5.75 Å². The first kappa shape index (κ1) is 6.90. The fourth-order valence-corrected chi connectivity index (χ4v) is 1.16. The molecule has 0 spiro atoms. The Morgan fingerprint density at radius 2 is 2.42 bits per heavy atom. The summed E-state index contributed by atoms with van der Waals surface area (Å²) in [5.41, 5.74) is 0.535. The maximum Gasteiger partial charge on any atom is 0.296 e. The Morgan fingerprint density at radius 3 is 3.17 bits per heavy atom. The quantitative estimate of drug-likeness (QED) is 0.505. The van der Waals surface area contributed by atoms with Gasteiger partial charge < -0.3 is 10.1 Å². The van der Waals surface area contributed by atoms with Gasteiger partial charge in [0.1, 0.15) is 0 Å². The number of para-hydroxylation sites is 1. The van der Waals surface area contributed by atoms with Gasteiger partial charge in [0.2, 0.25) is 0 Å². The number of benzene rings is 1. The van der Waals surface area contributed by atoms with Crippen molar-refractivity contribution in [2.75, 3.05) is 12.0 Å². The largest absolute Gasteiger partial charge is 0.471 e. The maximum atomic E-state index is 10.5. The van der Waals surface area contributed by atoms with Crippen molar-refractivity contribution in [1.82, 2.24) is 0 Å². The van der Waals surface area contributed by atoms with Crippen LogP contribution in [0.2, 0.25) is 0 Å². The zero-order valence-electron chi connectivity index (χ0n) is 6.11. The van der Waals surface area contributed by atoms with Crippen LogP contribution >= 0.6 is 0 Å². The van der Waals surface area contributed by atoms with Crippen LogP contribution in [-0.2, 0) is 0 Å². The Bertz CT molecular complexity index is 337. The molecule has 0 aromatic heterocycles. The minimum absolute atomic E-state index is 0.0602. The second-order valence-electron chi connectivity index (χ2n) is 2.37. The highest BCUT2D eigenvalue weighted by Crippen LogP contribution is 2.36. The number of fused-ring (bicyclic) bond motifs is 1. The van der Waals surface area contributed by atoms with Gasteiger partial charge in [0.15, 0.2) is 18.2 Å². The van der Waals surface area contributed by atoms with Crippen molar-refractivity contribution in [3.63, 3.8) is 0 Å². The summed E-state index contributed by atoms with van der Waals surface area (Å²) in [6.45, 7) is 0.306. The number of nitrogens with zero attached hydrogens (tertiary/aromatic N) is 1. The van der Waals surface area contributed by atoms with E-state index in [0.29, 0.717) is 18.2 Å². The Labute approximate surface area is 68.1 Å². The summed E-state index contributed by atoms with van der Waals surface area (Å²) in [4.78, 5) is 10.0. The van der Waals surface area contributed by atoms with Gasteiger partial charge in [-0.3, -0.25) is 10.1 Å². The molecule has 1 aromatic carbocycles. The van der Waals surface area contributed by atoms with E-state index in [0.717, 1.165) is 0 Å². The number of anilines is 1. The molecule has 0 amide bonds. The topological polar surface area (TPSA) is 64.4 Å². The van der Waals surface area contributed by atoms with E-state index in [1.807, 2.05) is 0 Å². The van der Waals surface area contributed by atoms with Crippen LogP contribution in [-0.4, -0.2) is 11.7 Å². The molecule has 0 atom stereocenters. The van der Waals surface area contributed by atoms with Gasteiger partial charge in [-0.05, 0) is 6.07 Å². The lowest BCUT2D eigenvalue weighted by Crippen LogP contribution is -1.98. The number of ether oxygens (including phenoxy) is 1. The minimum atomic E-state index is -0.430. The molecule has 0 saturated carbocycles. The summed E-state index contributed by atoms with van der Waals surface area (Å²) < 4.78 is 5.07. The molecule has 1 aromatic rings.